The third-order valence-electron chi connectivity index (χ3n) is 4.33. The fraction of sp³-hybridized carbons (Fsp3) is 0.182. The van der Waals surface area contributed by atoms with E-state index in [1.165, 1.54) is 6.08 Å². The predicted molar refractivity (Wildman–Crippen MR) is 102 cm³/mol. The van der Waals surface area contributed by atoms with Crippen LogP contribution in [0.25, 0.3) is 6.08 Å². The molecule has 2 aromatic heterocycles. The van der Waals surface area contributed by atoms with E-state index in [1.807, 2.05) is 66.9 Å². The van der Waals surface area contributed by atoms with E-state index in [9.17, 15) is 9.59 Å². The SMILES string of the molecule is Cc1cc(C(=O)COC(=O)C=Cc2ccccc2)c(C)n1Cc1ccco1. The Labute approximate surface area is 157 Å². The van der Waals surface area contributed by atoms with Gasteiger partial charge < -0.3 is 13.7 Å². The van der Waals surface area contributed by atoms with E-state index in [-0.39, 0.29) is 12.4 Å². The Morgan fingerprint density at radius 2 is 1.89 bits per heavy atom. The van der Waals surface area contributed by atoms with Crippen molar-refractivity contribution in [3.63, 3.8) is 0 Å². The lowest BCUT2D eigenvalue weighted by molar-refractivity contribution is -0.136. The topological polar surface area (TPSA) is 61.4 Å². The van der Waals surface area contributed by atoms with Gasteiger partial charge in [-0.05, 0) is 43.7 Å². The Morgan fingerprint density at radius 1 is 1.11 bits per heavy atom. The van der Waals surface area contributed by atoms with Crippen LogP contribution in [-0.4, -0.2) is 22.9 Å². The molecule has 0 bridgehead atoms. The van der Waals surface area contributed by atoms with Crippen molar-refractivity contribution < 1.29 is 18.7 Å². The van der Waals surface area contributed by atoms with Gasteiger partial charge in [0, 0.05) is 23.0 Å². The lowest BCUT2D eigenvalue weighted by Gasteiger charge is -2.08. The molecule has 0 aliphatic carbocycles. The monoisotopic (exact) mass is 363 g/mol. The van der Waals surface area contributed by atoms with Crippen molar-refractivity contribution >= 4 is 17.8 Å². The van der Waals surface area contributed by atoms with Crippen LogP contribution in [0.5, 0.6) is 0 Å². The third kappa shape index (κ3) is 4.64. The number of ether oxygens (including phenoxy) is 1. The van der Waals surface area contributed by atoms with E-state index < -0.39 is 5.97 Å². The Balaban J connectivity index is 1.61. The Bertz CT molecular complexity index is 950. The number of furan rings is 1. The van der Waals surface area contributed by atoms with Gasteiger partial charge in [-0.15, -0.1) is 0 Å². The number of ketones is 1. The molecule has 0 unspecified atom stereocenters. The van der Waals surface area contributed by atoms with Gasteiger partial charge >= 0.3 is 5.97 Å². The van der Waals surface area contributed by atoms with Gasteiger partial charge in [0.05, 0.1) is 12.8 Å². The number of carbonyl (C=O) groups is 2. The van der Waals surface area contributed by atoms with Crippen LogP contribution >= 0.6 is 0 Å². The van der Waals surface area contributed by atoms with Crippen molar-refractivity contribution in [2.24, 2.45) is 0 Å². The summed E-state index contributed by atoms with van der Waals surface area (Å²) < 4.78 is 12.5. The maximum absolute atomic E-state index is 12.5. The molecule has 0 spiro atoms. The minimum Gasteiger partial charge on any atom is -0.467 e. The van der Waals surface area contributed by atoms with Crippen LogP contribution in [0.2, 0.25) is 0 Å². The normalized spacial score (nSPS) is 11.0. The Kier molecular flexibility index (Phi) is 5.71. The standard InChI is InChI=1S/C22H21NO4/c1-16-13-20(17(2)23(16)14-19-9-6-12-26-19)21(24)15-27-22(25)11-10-18-7-4-3-5-8-18/h3-13H,14-15H2,1-2H3. The van der Waals surface area contributed by atoms with Gasteiger partial charge in [0.15, 0.2) is 6.61 Å². The highest BCUT2D eigenvalue weighted by Gasteiger charge is 2.17. The van der Waals surface area contributed by atoms with E-state index in [0.717, 1.165) is 22.7 Å². The number of aryl methyl sites for hydroxylation is 1. The van der Waals surface area contributed by atoms with Crippen LogP contribution in [0.4, 0.5) is 0 Å². The smallest absolute Gasteiger partial charge is 0.331 e. The largest absolute Gasteiger partial charge is 0.467 e. The van der Waals surface area contributed by atoms with Gasteiger partial charge in [0.2, 0.25) is 5.78 Å². The van der Waals surface area contributed by atoms with Crippen molar-refractivity contribution in [1.29, 1.82) is 0 Å². The van der Waals surface area contributed by atoms with E-state index in [4.69, 9.17) is 9.15 Å². The molecular weight excluding hydrogens is 342 g/mol. The first-order valence-corrected chi connectivity index (χ1v) is 8.67. The number of carbonyl (C=O) groups excluding carboxylic acids is 2. The highest BCUT2D eigenvalue weighted by Crippen LogP contribution is 2.18. The van der Waals surface area contributed by atoms with E-state index in [2.05, 4.69) is 0 Å². The maximum atomic E-state index is 12.5. The maximum Gasteiger partial charge on any atom is 0.331 e. The number of aromatic nitrogens is 1. The van der Waals surface area contributed by atoms with Gasteiger partial charge in [-0.2, -0.15) is 0 Å². The molecule has 0 saturated heterocycles. The molecule has 0 saturated carbocycles. The molecule has 0 radical (unpaired) electrons. The average Bonchev–Trinajstić information content (AvgIpc) is 3.29. The third-order valence-corrected chi connectivity index (χ3v) is 4.33. The number of benzene rings is 1. The molecule has 0 aliphatic rings. The summed E-state index contributed by atoms with van der Waals surface area (Å²) in [5.41, 5.74) is 3.22. The Morgan fingerprint density at radius 3 is 2.59 bits per heavy atom. The number of esters is 1. The number of rotatable bonds is 7. The van der Waals surface area contributed by atoms with Gasteiger partial charge in [-0.1, -0.05) is 30.3 Å². The zero-order valence-electron chi connectivity index (χ0n) is 15.3. The summed E-state index contributed by atoms with van der Waals surface area (Å²) in [6, 6.07) is 15.0. The van der Waals surface area contributed by atoms with E-state index in [0.29, 0.717) is 12.1 Å². The summed E-state index contributed by atoms with van der Waals surface area (Å²) in [6.07, 6.45) is 4.60. The van der Waals surface area contributed by atoms with Crippen molar-refractivity contribution in [2.75, 3.05) is 6.61 Å². The van der Waals surface area contributed by atoms with Crippen molar-refractivity contribution in [3.05, 3.63) is 89.1 Å². The summed E-state index contributed by atoms with van der Waals surface area (Å²) >= 11 is 0. The van der Waals surface area contributed by atoms with Crippen LogP contribution in [0.15, 0.2) is 65.3 Å². The van der Waals surface area contributed by atoms with Gasteiger partial charge in [0.25, 0.3) is 0 Å². The highest BCUT2D eigenvalue weighted by atomic mass is 16.5. The number of hydrogen-bond donors (Lipinski definition) is 0. The zero-order valence-corrected chi connectivity index (χ0v) is 15.3. The molecule has 3 aromatic rings. The van der Waals surface area contributed by atoms with E-state index >= 15 is 0 Å². The average molecular weight is 363 g/mol. The number of nitrogens with zero attached hydrogens (tertiary/aromatic N) is 1. The first kappa shape index (κ1) is 18.5. The van der Waals surface area contributed by atoms with Crippen LogP contribution in [0.1, 0.15) is 33.1 Å². The lowest BCUT2D eigenvalue weighted by Crippen LogP contribution is -2.13. The molecule has 0 fully saturated rings. The molecule has 0 atom stereocenters. The quantitative estimate of drug-likeness (QED) is 0.359. The minimum atomic E-state index is -0.545. The second kappa shape index (κ2) is 8.36. The molecule has 138 valence electrons. The van der Waals surface area contributed by atoms with E-state index in [1.54, 1.807) is 12.3 Å². The molecule has 0 N–H and O–H groups in total. The predicted octanol–water partition coefficient (Wildman–Crippen LogP) is 4.19. The van der Waals surface area contributed by atoms with Crippen molar-refractivity contribution in [2.45, 2.75) is 20.4 Å². The first-order chi connectivity index (χ1) is 13.0. The molecule has 3 rings (SSSR count). The molecule has 27 heavy (non-hydrogen) atoms. The fourth-order valence-electron chi connectivity index (χ4n) is 2.88. The van der Waals surface area contributed by atoms with Crippen LogP contribution in [0.3, 0.4) is 0 Å². The van der Waals surface area contributed by atoms with Gasteiger partial charge in [-0.3, -0.25) is 4.79 Å². The summed E-state index contributed by atoms with van der Waals surface area (Å²) in [7, 11) is 0. The summed E-state index contributed by atoms with van der Waals surface area (Å²) in [4.78, 5) is 24.3. The minimum absolute atomic E-state index is 0.227. The molecule has 5 heteroatoms. The van der Waals surface area contributed by atoms with Crippen LogP contribution in [0, 0.1) is 13.8 Å². The van der Waals surface area contributed by atoms with Crippen LogP contribution in [-0.2, 0) is 16.1 Å². The molecular formula is C22H21NO4. The van der Waals surface area contributed by atoms with Crippen LogP contribution < -0.4 is 0 Å². The first-order valence-electron chi connectivity index (χ1n) is 8.67. The summed E-state index contributed by atoms with van der Waals surface area (Å²) in [5, 5.41) is 0. The molecule has 0 aliphatic heterocycles. The zero-order chi connectivity index (χ0) is 19.2. The Hall–Kier alpha value is -3.34. The molecule has 1 aromatic carbocycles. The molecule has 0 amide bonds. The van der Waals surface area contributed by atoms with Crippen molar-refractivity contribution in [1.82, 2.24) is 4.57 Å². The van der Waals surface area contributed by atoms with Gasteiger partial charge in [0.1, 0.15) is 5.76 Å². The number of Topliss-reactive ketones (excluding diaryl/α,β-unsaturated/α-hetero) is 1. The second-order valence-electron chi connectivity index (χ2n) is 6.23. The summed E-state index contributed by atoms with van der Waals surface area (Å²) in [6.45, 7) is 4.07. The molecule has 5 nitrogen and oxygen atoms in total. The lowest BCUT2D eigenvalue weighted by atomic mass is 10.1. The summed E-state index contributed by atoms with van der Waals surface area (Å²) in [5.74, 6) is 0.0418. The van der Waals surface area contributed by atoms with Gasteiger partial charge in [-0.25, -0.2) is 4.79 Å². The molecule has 2 heterocycles. The highest BCUT2D eigenvalue weighted by molar-refractivity contribution is 6.00. The van der Waals surface area contributed by atoms with Crippen molar-refractivity contribution in [3.8, 4) is 0 Å². The fourth-order valence-corrected chi connectivity index (χ4v) is 2.88. The second-order valence-corrected chi connectivity index (χ2v) is 6.23. The number of hydrogen-bond acceptors (Lipinski definition) is 4.